The maximum Gasteiger partial charge on any atom is 0.339 e. The Balaban J connectivity index is 2.09. The van der Waals surface area contributed by atoms with Gasteiger partial charge in [0.2, 0.25) is 0 Å². The summed E-state index contributed by atoms with van der Waals surface area (Å²) in [5, 5.41) is 9.23. The summed E-state index contributed by atoms with van der Waals surface area (Å²) < 4.78 is 35.5. The molecule has 1 aromatic carbocycles. The monoisotopic (exact) mass is 340 g/mol. The minimum atomic E-state index is -4.11. The Kier molecular flexibility index (Phi) is 4.06. The van der Waals surface area contributed by atoms with Gasteiger partial charge in [-0.1, -0.05) is 17.7 Å². The first-order chi connectivity index (χ1) is 11.5. The third-order valence-corrected chi connectivity index (χ3v) is 4.54. The van der Waals surface area contributed by atoms with Crippen LogP contribution in [0.2, 0.25) is 0 Å². The van der Waals surface area contributed by atoms with Crippen molar-refractivity contribution in [3.8, 4) is 23.1 Å². The van der Waals surface area contributed by atoms with E-state index in [1.165, 1.54) is 30.7 Å². The average molecular weight is 340 g/mol. The molecule has 7 heteroatoms. The molecule has 0 saturated carbocycles. The molecule has 0 spiro atoms. The SMILES string of the molecule is Cc1ccc(S(=O)(=O)Oc2c(-c3ccco3)ccnc2C#N)cc1. The number of nitrogens with zero attached hydrogens (tertiary/aromatic N) is 2. The van der Waals surface area contributed by atoms with E-state index in [0.29, 0.717) is 11.3 Å². The van der Waals surface area contributed by atoms with Crippen LogP contribution >= 0.6 is 0 Å². The Morgan fingerprint density at radius 1 is 1.17 bits per heavy atom. The smallest absolute Gasteiger partial charge is 0.339 e. The van der Waals surface area contributed by atoms with Crippen LogP contribution in [0.3, 0.4) is 0 Å². The van der Waals surface area contributed by atoms with Gasteiger partial charge >= 0.3 is 10.1 Å². The molecule has 0 aliphatic rings. The molecule has 6 nitrogen and oxygen atoms in total. The van der Waals surface area contributed by atoms with E-state index in [4.69, 9.17) is 8.60 Å². The molecule has 3 rings (SSSR count). The Morgan fingerprint density at radius 3 is 2.54 bits per heavy atom. The predicted octanol–water partition coefficient (Wildman–Crippen LogP) is 3.29. The van der Waals surface area contributed by atoms with Crippen molar-refractivity contribution in [1.82, 2.24) is 4.98 Å². The zero-order chi connectivity index (χ0) is 17.2. The number of furan rings is 1. The first-order valence-electron chi connectivity index (χ1n) is 6.95. The maximum atomic E-state index is 12.5. The fourth-order valence-corrected chi connectivity index (χ4v) is 3.05. The van der Waals surface area contributed by atoms with Crippen LogP contribution in [0.25, 0.3) is 11.3 Å². The number of aryl methyl sites for hydroxylation is 1. The Hall–Kier alpha value is -3.11. The number of rotatable bonds is 4. The third-order valence-electron chi connectivity index (χ3n) is 3.30. The number of aromatic nitrogens is 1. The maximum absolute atomic E-state index is 12.5. The molecule has 0 aliphatic heterocycles. The molecule has 2 aromatic heterocycles. The first-order valence-corrected chi connectivity index (χ1v) is 8.36. The summed E-state index contributed by atoms with van der Waals surface area (Å²) in [5.41, 5.74) is 1.12. The lowest BCUT2D eigenvalue weighted by atomic mass is 10.1. The summed E-state index contributed by atoms with van der Waals surface area (Å²) in [7, 11) is -4.11. The Bertz CT molecular complexity index is 1000. The summed E-state index contributed by atoms with van der Waals surface area (Å²) in [6.45, 7) is 1.85. The summed E-state index contributed by atoms with van der Waals surface area (Å²) in [6, 6.07) is 12.9. The van der Waals surface area contributed by atoms with Crippen molar-refractivity contribution in [1.29, 1.82) is 5.26 Å². The van der Waals surface area contributed by atoms with Gasteiger partial charge in [-0.2, -0.15) is 13.7 Å². The van der Waals surface area contributed by atoms with Crippen LogP contribution in [0.4, 0.5) is 0 Å². The number of benzene rings is 1. The number of hydrogen-bond donors (Lipinski definition) is 0. The second-order valence-electron chi connectivity index (χ2n) is 4.98. The van der Waals surface area contributed by atoms with Gasteiger partial charge < -0.3 is 8.60 Å². The van der Waals surface area contributed by atoms with Crippen LogP contribution < -0.4 is 4.18 Å². The van der Waals surface area contributed by atoms with Crippen molar-refractivity contribution in [3.05, 3.63) is 66.2 Å². The standard InChI is InChI=1S/C17H12N2O4S/c1-12-4-6-13(7-5-12)24(20,21)23-17-14(16-3-2-10-22-16)8-9-19-15(17)11-18/h2-10H,1H3. The topological polar surface area (TPSA) is 93.2 Å². The predicted molar refractivity (Wildman–Crippen MR) is 85.6 cm³/mol. The van der Waals surface area contributed by atoms with Crippen molar-refractivity contribution in [3.63, 3.8) is 0 Å². The molecule has 24 heavy (non-hydrogen) atoms. The Labute approximate surface area is 139 Å². The summed E-state index contributed by atoms with van der Waals surface area (Å²) in [4.78, 5) is 3.86. The molecular weight excluding hydrogens is 328 g/mol. The van der Waals surface area contributed by atoms with E-state index in [1.54, 1.807) is 24.3 Å². The lowest BCUT2D eigenvalue weighted by Gasteiger charge is -2.11. The number of hydrogen-bond acceptors (Lipinski definition) is 6. The van der Waals surface area contributed by atoms with Crippen molar-refractivity contribution in [2.24, 2.45) is 0 Å². The summed E-state index contributed by atoms with van der Waals surface area (Å²) >= 11 is 0. The van der Waals surface area contributed by atoms with Crippen molar-refractivity contribution < 1.29 is 17.0 Å². The molecule has 0 saturated heterocycles. The van der Waals surface area contributed by atoms with Gasteiger partial charge in [-0.25, -0.2) is 4.98 Å². The molecule has 120 valence electrons. The van der Waals surface area contributed by atoms with Gasteiger partial charge in [0.25, 0.3) is 0 Å². The minimum Gasteiger partial charge on any atom is -0.464 e. The van der Waals surface area contributed by atoms with Crippen molar-refractivity contribution in [2.75, 3.05) is 0 Å². The van der Waals surface area contributed by atoms with E-state index < -0.39 is 10.1 Å². The van der Waals surface area contributed by atoms with Crippen molar-refractivity contribution >= 4 is 10.1 Å². The average Bonchev–Trinajstić information content (AvgIpc) is 3.09. The molecule has 0 atom stereocenters. The molecule has 0 radical (unpaired) electrons. The summed E-state index contributed by atoms with van der Waals surface area (Å²) in [5.74, 6) is 0.221. The highest BCUT2D eigenvalue weighted by molar-refractivity contribution is 7.87. The minimum absolute atomic E-state index is 0.00811. The van der Waals surface area contributed by atoms with E-state index in [9.17, 15) is 13.7 Å². The fraction of sp³-hybridized carbons (Fsp3) is 0.0588. The molecule has 0 bridgehead atoms. The summed E-state index contributed by atoms with van der Waals surface area (Å²) in [6.07, 6.45) is 2.84. The quantitative estimate of drug-likeness (QED) is 0.677. The zero-order valence-electron chi connectivity index (χ0n) is 12.6. The second-order valence-corrected chi connectivity index (χ2v) is 6.52. The lowest BCUT2D eigenvalue weighted by Crippen LogP contribution is -2.12. The normalized spacial score (nSPS) is 11.0. The third kappa shape index (κ3) is 3.00. The van der Waals surface area contributed by atoms with Crippen LogP contribution in [0, 0.1) is 18.3 Å². The highest BCUT2D eigenvalue weighted by Gasteiger charge is 2.23. The van der Waals surface area contributed by atoms with Gasteiger partial charge in [-0.15, -0.1) is 0 Å². The van der Waals surface area contributed by atoms with Gasteiger partial charge in [-0.3, -0.25) is 0 Å². The van der Waals surface area contributed by atoms with Crippen molar-refractivity contribution in [2.45, 2.75) is 11.8 Å². The van der Waals surface area contributed by atoms with E-state index in [0.717, 1.165) is 5.56 Å². The first kappa shape index (κ1) is 15.8. The molecule has 0 aliphatic carbocycles. The largest absolute Gasteiger partial charge is 0.464 e. The van der Waals surface area contributed by atoms with E-state index >= 15 is 0 Å². The van der Waals surface area contributed by atoms with Gasteiger partial charge in [0.05, 0.1) is 11.8 Å². The van der Waals surface area contributed by atoms with Gasteiger partial charge in [-0.05, 0) is 37.3 Å². The second kappa shape index (κ2) is 6.18. The van der Waals surface area contributed by atoms with E-state index in [1.807, 2.05) is 13.0 Å². The molecule has 0 unspecified atom stereocenters. The van der Waals surface area contributed by atoms with Crippen LogP contribution in [-0.2, 0) is 10.1 Å². The number of nitriles is 1. The zero-order valence-corrected chi connectivity index (χ0v) is 13.4. The van der Waals surface area contributed by atoms with Crippen LogP contribution in [-0.4, -0.2) is 13.4 Å². The van der Waals surface area contributed by atoms with Crippen LogP contribution in [0.1, 0.15) is 11.3 Å². The van der Waals surface area contributed by atoms with Crippen LogP contribution in [0.5, 0.6) is 5.75 Å². The van der Waals surface area contributed by atoms with Crippen LogP contribution in [0.15, 0.2) is 64.2 Å². The molecule has 0 N–H and O–H groups in total. The molecule has 3 aromatic rings. The van der Waals surface area contributed by atoms with E-state index in [-0.39, 0.29) is 16.3 Å². The van der Waals surface area contributed by atoms with Gasteiger partial charge in [0.15, 0.2) is 11.4 Å². The van der Waals surface area contributed by atoms with Gasteiger partial charge in [0, 0.05) is 6.20 Å². The lowest BCUT2D eigenvalue weighted by molar-refractivity contribution is 0.483. The highest BCUT2D eigenvalue weighted by Crippen LogP contribution is 2.34. The van der Waals surface area contributed by atoms with E-state index in [2.05, 4.69) is 4.98 Å². The molecule has 0 amide bonds. The molecule has 2 heterocycles. The Morgan fingerprint density at radius 2 is 1.92 bits per heavy atom. The highest BCUT2D eigenvalue weighted by atomic mass is 32.2. The number of pyridine rings is 1. The van der Waals surface area contributed by atoms with Gasteiger partial charge in [0.1, 0.15) is 16.7 Å². The molecular formula is C17H12N2O4S. The molecule has 0 fully saturated rings. The fourth-order valence-electron chi connectivity index (χ4n) is 2.10.